The Morgan fingerprint density at radius 3 is 2.46 bits per heavy atom. The lowest BCUT2D eigenvalue weighted by Gasteiger charge is -2.14. The van der Waals surface area contributed by atoms with Crippen LogP contribution in [0.15, 0.2) is 59.5 Å². The Hall–Kier alpha value is -3.17. The molecule has 2 aromatic rings. The predicted molar refractivity (Wildman–Crippen MR) is 150 cm³/mol. The lowest BCUT2D eigenvalue weighted by atomic mass is 10.1. The van der Waals surface area contributed by atoms with Crippen LogP contribution in [-0.2, 0) is 14.4 Å². The summed E-state index contributed by atoms with van der Waals surface area (Å²) >= 11 is 6.74. The third-order valence-corrected chi connectivity index (χ3v) is 7.06. The minimum absolute atomic E-state index is 0.00486. The summed E-state index contributed by atoms with van der Waals surface area (Å²) in [6.07, 6.45) is 6.98. The second kappa shape index (κ2) is 15.2. The highest BCUT2D eigenvalue weighted by Gasteiger charge is 2.31. The average molecular weight is 541 g/mol. The van der Waals surface area contributed by atoms with Gasteiger partial charge in [0.15, 0.2) is 0 Å². The van der Waals surface area contributed by atoms with Crippen molar-refractivity contribution in [1.82, 2.24) is 10.2 Å². The minimum Gasteiger partial charge on any atom is -0.481 e. The molecular formula is C28H32N2O5S2. The molecule has 9 heteroatoms. The molecule has 0 saturated carbocycles. The maximum Gasteiger partial charge on any atom is 0.303 e. The molecule has 0 aliphatic carbocycles. The fourth-order valence-corrected chi connectivity index (χ4v) is 5.07. The molecule has 0 radical (unpaired) electrons. The maximum atomic E-state index is 12.9. The molecule has 196 valence electrons. The van der Waals surface area contributed by atoms with Crippen LogP contribution in [0.3, 0.4) is 0 Å². The maximum absolute atomic E-state index is 12.9. The summed E-state index contributed by atoms with van der Waals surface area (Å²) in [6.45, 7) is 1.10. The van der Waals surface area contributed by atoms with Gasteiger partial charge in [-0.1, -0.05) is 67.2 Å². The Morgan fingerprint density at radius 1 is 0.946 bits per heavy atom. The number of rotatable bonds is 15. The number of hydrogen-bond acceptors (Lipinski definition) is 6. The molecule has 2 amide bonds. The van der Waals surface area contributed by atoms with E-state index in [1.165, 1.54) is 11.8 Å². The molecule has 0 unspecified atom stereocenters. The van der Waals surface area contributed by atoms with Crippen LogP contribution in [0.4, 0.5) is 0 Å². The molecule has 0 spiro atoms. The number of nitrogens with one attached hydrogen (secondary N) is 1. The lowest BCUT2D eigenvalue weighted by molar-refractivity contribution is -0.137. The zero-order valence-electron chi connectivity index (χ0n) is 20.7. The van der Waals surface area contributed by atoms with E-state index in [1.54, 1.807) is 4.90 Å². The van der Waals surface area contributed by atoms with Gasteiger partial charge in [-0.25, -0.2) is 0 Å². The van der Waals surface area contributed by atoms with E-state index in [1.807, 2.05) is 60.7 Å². The zero-order chi connectivity index (χ0) is 26.5. The van der Waals surface area contributed by atoms with Crippen molar-refractivity contribution in [2.24, 2.45) is 0 Å². The van der Waals surface area contributed by atoms with E-state index in [9.17, 15) is 14.4 Å². The molecule has 1 saturated heterocycles. The summed E-state index contributed by atoms with van der Waals surface area (Å²) in [6, 6.07) is 17.1. The number of para-hydroxylation sites is 1. The quantitative estimate of drug-likeness (QED) is 0.162. The van der Waals surface area contributed by atoms with Crippen LogP contribution in [0, 0.1) is 0 Å². The van der Waals surface area contributed by atoms with Gasteiger partial charge < -0.3 is 15.2 Å². The molecule has 1 fully saturated rings. The number of carboxylic acids is 1. The summed E-state index contributed by atoms with van der Waals surface area (Å²) in [5.74, 6) is 0.565. The predicted octanol–water partition coefficient (Wildman–Crippen LogP) is 6.00. The number of benzene rings is 2. The summed E-state index contributed by atoms with van der Waals surface area (Å²) in [4.78, 5) is 37.6. The first-order chi connectivity index (χ1) is 17.9. The molecule has 2 N–H and O–H groups in total. The highest BCUT2D eigenvalue weighted by molar-refractivity contribution is 8.26. The molecule has 2 aromatic carbocycles. The van der Waals surface area contributed by atoms with Crippen LogP contribution in [0.25, 0.3) is 6.08 Å². The first kappa shape index (κ1) is 28.4. The third kappa shape index (κ3) is 10.0. The van der Waals surface area contributed by atoms with Crippen molar-refractivity contribution in [2.75, 3.05) is 13.1 Å². The molecule has 37 heavy (non-hydrogen) atoms. The monoisotopic (exact) mass is 540 g/mol. The Bertz CT molecular complexity index is 1120. The number of nitrogens with zero attached hydrogens (tertiary/aromatic N) is 1. The minimum atomic E-state index is -0.786. The van der Waals surface area contributed by atoms with E-state index in [2.05, 4.69) is 5.32 Å². The second-order valence-electron chi connectivity index (χ2n) is 8.69. The number of carbonyl (C=O) groups is 3. The molecule has 0 bridgehead atoms. The van der Waals surface area contributed by atoms with Gasteiger partial charge >= 0.3 is 5.97 Å². The molecule has 7 nitrogen and oxygen atoms in total. The van der Waals surface area contributed by atoms with Crippen LogP contribution in [0.2, 0.25) is 0 Å². The van der Waals surface area contributed by atoms with Crippen molar-refractivity contribution in [3.8, 4) is 11.5 Å². The number of aliphatic carboxylic acids is 1. The van der Waals surface area contributed by atoms with Crippen molar-refractivity contribution >= 4 is 52.2 Å². The van der Waals surface area contributed by atoms with E-state index in [-0.39, 0.29) is 18.2 Å². The Labute approximate surface area is 227 Å². The highest BCUT2D eigenvalue weighted by Crippen LogP contribution is 2.33. The molecule has 1 aliphatic heterocycles. The summed E-state index contributed by atoms with van der Waals surface area (Å²) in [5.41, 5.74) is 0.863. The van der Waals surface area contributed by atoms with Gasteiger partial charge in [-0.2, -0.15) is 0 Å². The molecule has 0 aromatic heterocycles. The fourth-order valence-electron chi connectivity index (χ4n) is 3.76. The third-order valence-electron chi connectivity index (χ3n) is 5.68. The van der Waals surface area contributed by atoms with Crippen LogP contribution < -0.4 is 10.1 Å². The fraction of sp³-hybridized carbons (Fsp3) is 0.357. The van der Waals surface area contributed by atoms with Gasteiger partial charge in [-0.05, 0) is 61.6 Å². The molecule has 3 rings (SSSR count). The van der Waals surface area contributed by atoms with Gasteiger partial charge in [0.1, 0.15) is 15.8 Å². The number of carbonyl (C=O) groups excluding carboxylic acids is 2. The van der Waals surface area contributed by atoms with E-state index in [4.69, 9.17) is 22.1 Å². The number of ether oxygens (including phenoxy) is 1. The second-order valence-corrected chi connectivity index (χ2v) is 10.4. The summed E-state index contributed by atoms with van der Waals surface area (Å²) < 4.78 is 6.43. The standard InChI is InChI=1S/C28H32N2O5S2/c31-25(29-17-8-2-7-16-26(32)33)15-6-3-9-18-30-27(34)24(37-28(30)36)20-21-11-10-14-23(19-21)35-22-12-4-1-5-13-22/h1,4-5,10-14,19-20H,2-3,6-9,15-18H2,(H,29,31)(H,32,33)/b24-20-. The van der Waals surface area contributed by atoms with Crippen molar-refractivity contribution in [3.63, 3.8) is 0 Å². The number of thiocarbonyl (C=S) groups is 1. The van der Waals surface area contributed by atoms with Crippen LogP contribution in [0.1, 0.15) is 56.9 Å². The number of carboxylic acid groups (broad SMARTS) is 1. The van der Waals surface area contributed by atoms with E-state index in [0.29, 0.717) is 40.9 Å². The Morgan fingerprint density at radius 2 is 1.68 bits per heavy atom. The average Bonchev–Trinajstić information content (AvgIpc) is 3.13. The van der Waals surface area contributed by atoms with Crippen LogP contribution >= 0.6 is 24.0 Å². The van der Waals surface area contributed by atoms with Gasteiger partial charge in [-0.15, -0.1) is 0 Å². The van der Waals surface area contributed by atoms with Gasteiger partial charge in [-0.3, -0.25) is 19.3 Å². The highest BCUT2D eigenvalue weighted by atomic mass is 32.2. The number of amides is 2. The van der Waals surface area contributed by atoms with E-state index >= 15 is 0 Å². The Balaban J connectivity index is 1.37. The van der Waals surface area contributed by atoms with Crippen molar-refractivity contribution < 1.29 is 24.2 Å². The summed E-state index contributed by atoms with van der Waals surface area (Å²) in [7, 11) is 0. The van der Waals surface area contributed by atoms with Gasteiger partial charge in [0, 0.05) is 25.9 Å². The zero-order valence-corrected chi connectivity index (χ0v) is 22.3. The smallest absolute Gasteiger partial charge is 0.303 e. The van der Waals surface area contributed by atoms with Gasteiger partial charge in [0.05, 0.1) is 4.91 Å². The molecule has 1 aliphatic rings. The van der Waals surface area contributed by atoms with Gasteiger partial charge in [0.2, 0.25) is 5.91 Å². The number of thioether (sulfide) groups is 1. The normalized spacial score (nSPS) is 14.3. The van der Waals surface area contributed by atoms with Crippen molar-refractivity contribution in [1.29, 1.82) is 0 Å². The number of hydrogen-bond donors (Lipinski definition) is 2. The lowest BCUT2D eigenvalue weighted by Crippen LogP contribution is -2.29. The first-order valence-electron chi connectivity index (χ1n) is 12.5. The Kier molecular flexibility index (Phi) is 11.6. The van der Waals surface area contributed by atoms with E-state index in [0.717, 1.165) is 43.4 Å². The van der Waals surface area contributed by atoms with Crippen molar-refractivity contribution in [3.05, 3.63) is 65.1 Å². The van der Waals surface area contributed by atoms with Crippen molar-refractivity contribution in [2.45, 2.75) is 51.4 Å². The van der Waals surface area contributed by atoms with E-state index < -0.39 is 5.97 Å². The molecule has 1 heterocycles. The first-order valence-corrected chi connectivity index (χ1v) is 13.7. The summed E-state index contributed by atoms with van der Waals surface area (Å²) in [5, 5.41) is 11.5. The van der Waals surface area contributed by atoms with Crippen LogP contribution in [-0.4, -0.2) is 45.2 Å². The topological polar surface area (TPSA) is 95.9 Å². The SMILES string of the molecule is O=C(O)CCCCCNC(=O)CCCCCN1C(=O)/C(=C/c2cccc(Oc3ccccc3)c2)SC1=S. The molecular weight excluding hydrogens is 508 g/mol. The largest absolute Gasteiger partial charge is 0.481 e. The van der Waals surface area contributed by atoms with Crippen LogP contribution in [0.5, 0.6) is 11.5 Å². The van der Waals surface area contributed by atoms with Gasteiger partial charge in [0.25, 0.3) is 5.91 Å². The molecule has 0 atom stereocenters. The number of unbranched alkanes of at least 4 members (excludes halogenated alkanes) is 4.